The zero-order chi connectivity index (χ0) is 8.77. The Balaban J connectivity index is 2.13. The Morgan fingerprint density at radius 2 is 2.25 bits per heavy atom. The van der Waals surface area contributed by atoms with Crippen LogP contribution >= 0.6 is 0 Å². The molecule has 0 aromatic rings. The summed E-state index contributed by atoms with van der Waals surface area (Å²) in [5.74, 6) is -0.361. The van der Waals surface area contributed by atoms with Gasteiger partial charge in [-0.1, -0.05) is 0 Å². The molecule has 3 heteroatoms. The fraction of sp³-hybridized carbons (Fsp3) is 0.889. The van der Waals surface area contributed by atoms with Gasteiger partial charge in [-0.05, 0) is 26.2 Å². The van der Waals surface area contributed by atoms with Crippen LogP contribution in [-0.4, -0.2) is 23.8 Å². The summed E-state index contributed by atoms with van der Waals surface area (Å²) in [5, 5.41) is 9.03. The zero-order valence-corrected chi connectivity index (χ0v) is 7.25. The number of carboxylic acid groups (broad SMARTS) is 1. The van der Waals surface area contributed by atoms with Gasteiger partial charge in [0.1, 0.15) is 0 Å². The molecule has 68 valence electrons. The lowest BCUT2D eigenvalue weighted by Gasteiger charge is -2.20. The van der Waals surface area contributed by atoms with Gasteiger partial charge in [-0.2, -0.15) is 0 Å². The molecule has 0 spiro atoms. The Hall–Kier alpha value is -0.570. The Kier molecular flexibility index (Phi) is 1.65. The second-order valence-corrected chi connectivity index (χ2v) is 3.93. The molecule has 0 aromatic heterocycles. The van der Waals surface area contributed by atoms with E-state index in [1.807, 2.05) is 6.92 Å². The van der Waals surface area contributed by atoms with Crippen molar-refractivity contribution in [3.8, 4) is 0 Å². The van der Waals surface area contributed by atoms with Gasteiger partial charge in [-0.25, -0.2) is 0 Å². The van der Waals surface area contributed by atoms with Gasteiger partial charge in [0.05, 0.1) is 11.5 Å². The molecule has 1 heterocycles. The Morgan fingerprint density at radius 1 is 1.58 bits per heavy atom. The van der Waals surface area contributed by atoms with Crippen LogP contribution in [0.2, 0.25) is 0 Å². The number of carboxylic acids is 1. The standard InChI is InChI=1S/C9H14O3/c1-6-7(2-5-12-6)9(3-4-9)8(10)11/h6-7H,2-5H2,1H3,(H,10,11). The lowest BCUT2D eigenvalue weighted by molar-refractivity contribution is -0.146. The van der Waals surface area contributed by atoms with Crippen molar-refractivity contribution in [2.75, 3.05) is 6.61 Å². The Labute approximate surface area is 71.7 Å². The van der Waals surface area contributed by atoms with E-state index in [-0.39, 0.29) is 12.0 Å². The molecule has 0 aromatic carbocycles. The number of aliphatic carboxylic acids is 1. The van der Waals surface area contributed by atoms with Crippen LogP contribution in [0.4, 0.5) is 0 Å². The molecule has 2 rings (SSSR count). The van der Waals surface area contributed by atoms with Crippen molar-refractivity contribution >= 4 is 5.97 Å². The maximum absolute atomic E-state index is 11.0. The predicted octanol–water partition coefficient (Wildman–Crippen LogP) is 1.28. The molecule has 2 fully saturated rings. The molecule has 1 aliphatic carbocycles. The first-order chi connectivity index (χ1) is 5.67. The molecule has 12 heavy (non-hydrogen) atoms. The summed E-state index contributed by atoms with van der Waals surface area (Å²) in [5.41, 5.74) is -0.407. The third kappa shape index (κ3) is 0.959. The molecule has 2 atom stereocenters. The quantitative estimate of drug-likeness (QED) is 0.679. The molecule has 1 N–H and O–H groups in total. The van der Waals surface area contributed by atoms with Crippen molar-refractivity contribution in [3.05, 3.63) is 0 Å². The van der Waals surface area contributed by atoms with Crippen LogP contribution in [0.25, 0.3) is 0 Å². The molecule has 1 saturated heterocycles. The minimum absolute atomic E-state index is 0.142. The minimum atomic E-state index is -0.621. The highest BCUT2D eigenvalue weighted by atomic mass is 16.5. The summed E-state index contributed by atoms with van der Waals surface area (Å²) < 4.78 is 5.38. The minimum Gasteiger partial charge on any atom is -0.481 e. The first kappa shape index (κ1) is 8.05. The molecular weight excluding hydrogens is 156 g/mol. The second-order valence-electron chi connectivity index (χ2n) is 3.93. The number of ether oxygens (including phenoxy) is 1. The molecular formula is C9H14O3. The van der Waals surface area contributed by atoms with E-state index in [0.717, 1.165) is 25.9 Å². The lowest BCUT2D eigenvalue weighted by atomic mass is 9.84. The highest BCUT2D eigenvalue weighted by Gasteiger charge is 2.58. The zero-order valence-electron chi connectivity index (χ0n) is 7.25. The molecule has 2 aliphatic rings. The highest BCUT2D eigenvalue weighted by Crippen LogP contribution is 2.56. The van der Waals surface area contributed by atoms with Crippen LogP contribution in [0, 0.1) is 11.3 Å². The van der Waals surface area contributed by atoms with Crippen molar-refractivity contribution in [2.45, 2.75) is 32.3 Å². The van der Waals surface area contributed by atoms with E-state index in [2.05, 4.69) is 0 Å². The summed E-state index contributed by atoms with van der Waals surface area (Å²) in [6.07, 6.45) is 2.76. The highest BCUT2D eigenvalue weighted by molar-refractivity contribution is 5.78. The van der Waals surface area contributed by atoms with Gasteiger partial charge in [0.2, 0.25) is 0 Å². The molecule has 2 unspecified atom stereocenters. The Bertz CT molecular complexity index is 208. The van der Waals surface area contributed by atoms with Gasteiger partial charge < -0.3 is 9.84 Å². The first-order valence-electron chi connectivity index (χ1n) is 4.52. The maximum Gasteiger partial charge on any atom is 0.310 e. The third-order valence-electron chi connectivity index (χ3n) is 3.30. The summed E-state index contributed by atoms with van der Waals surface area (Å²) in [7, 11) is 0. The second kappa shape index (κ2) is 2.46. The fourth-order valence-corrected chi connectivity index (χ4v) is 2.34. The van der Waals surface area contributed by atoms with Crippen molar-refractivity contribution in [1.29, 1.82) is 0 Å². The predicted molar refractivity (Wildman–Crippen MR) is 42.8 cm³/mol. The summed E-state index contributed by atoms with van der Waals surface area (Å²) >= 11 is 0. The van der Waals surface area contributed by atoms with Gasteiger partial charge in [0.25, 0.3) is 0 Å². The number of hydrogen-bond donors (Lipinski definition) is 1. The van der Waals surface area contributed by atoms with Crippen molar-refractivity contribution in [2.24, 2.45) is 11.3 Å². The van der Waals surface area contributed by atoms with E-state index in [1.165, 1.54) is 0 Å². The van der Waals surface area contributed by atoms with Crippen molar-refractivity contribution in [3.63, 3.8) is 0 Å². The van der Waals surface area contributed by atoms with E-state index in [0.29, 0.717) is 0 Å². The van der Waals surface area contributed by atoms with Crippen molar-refractivity contribution in [1.82, 2.24) is 0 Å². The SMILES string of the molecule is CC1OCCC1C1(C(=O)O)CC1. The van der Waals surface area contributed by atoms with Crippen molar-refractivity contribution < 1.29 is 14.6 Å². The van der Waals surface area contributed by atoms with Crippen LogP contribution in [0.3, 0.4) is 0 Å². The fourth-order valence-electron chi connectivity index (χ4n) is 2.34. The number of hydrogen-bond acceptors (Lipinski definition) is 2. The molecule has 0 amide bonds. The smallest absolute Gasteiger partial charge is 0.310 e. The van der Waals surface area contributed by atoms with Gasteiger partial charge in [-0.3, -0.25) is 4.79 Å². The van der Waals surface area contributed by atoms with Crippen LogP contribution < -0.4 is 0 Å². The van der Waals surface area contributed by atoms with E-state index >= 15 is 0 Å². The summed E-state index contributed by atoms with van der Waals surface area (Å²) in [6, 6.07) is 0. The molecule has 1 aliphatic heterocycles. The van der Waals surface area contributed by atoms with Crippen LogP contribution in [0.1, 0.15) is 26.2 Å². The lowest BCUT2D eigenvalue weighted by Crippen LogP contribution is -2.29. The molecule has 1 saturated carbocycles. The molecule has 3 nitrogen and oxygen atoms in total. The van der Waals surface area contributed by atoms with Crippen LogP contribution in [-0.2, 0) is 9.53 Å². The topological polar surface area (TPSA) is 46.5 Å². The average molecular weight is 170 g/mol. The van der Waals surface area contributed by atoms with E-state index in [1.54, 1.807) is 0 Å². The normalized spacial score (nSPS) is 38.1. The third-order valence-corrected chi connectivity index (χ3v) is 3.30. The first-order valence-corrected chi connectivity index (χ1v) is 4.52. The van der Waals surface area contributed by atoms with Crippen LogP contribution in [0.5, 0.6) is 0 Å². The van der Waals surface area contributed by atoms with E-state index < -0.39 is 11.4 Å². The number of carbonyl (C=O) groups is 1. The molecule has 0 radical (unpaired) electrons. The maximum atomic E-state index is 11.0. The monoisotopic (exact) mass is 170 g/mol. The van der Waals surface area contributed by atoms with E-state index in [4.69, 9.17) is 9.84 Å². The largest absolute Gasteiger partial charge is 0.481 e. The molecule has 0 bridgehead atoms. The summed E-state index contributed by atoms with van der Waals surface area (Å²) in [6.45, 7) is 2.72. The van der Waals surface area contributed by atoms with Gasteiger partial charge in [-0.15, -0.1) is 0 Å². The number of rotatable bonds is 2. The van der Waals surface area contributed by atoms with Gasteiger partial charge >= 0.3 is 5.97 Å². The van der Waals surface area contributed by atoms with Gasteiger partial charge in [0.15, 0.2) is 0 Å². The van der Waals surface area contributed by atoms with E-state index in [9.17, 15) is 4.79 Å². The average Bonchev–Trinajstić information content (AvgIpc) is 2.71. The van der Waals surface area contributed by atoms with Gasteiger partial charge in [0, 0.05) is 12.5 Å². The summed E-state index contributed by atoms with van der Waals surface area (Å²) in [4.78, 5) is 11.0. The van der Waals surface area contributed by atoms with Crippen LogP contribution in [0.15, 0.2) is 0 Å². The Morgan fingerprint density at radius 3 is 2.58 bits per heavy atom.